The van der Waals surface area contributed by atoms with Crippen molar-refractivity contribution in [2.45, 2.75) is 32.7 Å². The van der Waals surface area contributed by atoms with Crippen molar-refractivity contribution >= 4 is 66.6 Å². The highest BCUT2D eigenvalue weighted by Gasteiger charge is 2.29. The zero-order chi connectivity index (χ0) is 22.9. The van der Waals surface area contributed by atoms with Crippen LogP contribution in [-0.4, -0.2) is 25.3 Å². The summed E-state index contributed by atoms with van der Waals surface area (Å²) < 4.78 is 42.5. The highest BCUT2D eigenvalue weighted by molar-refractivity contribution is 7.85. The second-order valence-electron chi connectivity index (χ2n) is 7.52. The fourth-order valence-electron chi connectivity index (χ4n) is 3.65. The molecule has 3 aromatic rings. The molecule has 32 heavy (non-hydrogen) atoms. The average molecular weight is 513 g/mol. The number of fused-ring (bicyclic) bond motifs is 2. The summed E-state index contributed by atoms with van der Waals surface area (Å²) in [4.78, 5) is 2.11. The predicted molar refractivity (Wildman–Crippen MR) is 129 cm³/mol. The largest absolute Gasteiger partial charge is 0.748 e. The maximum absolute atomic E-state index is 11.1. The van der Waals surface area contributed by atoms with Crippen molar-refractivity contribution in [2.24, 2.45) is 0 Å². The summed E-state index contributed by atoms with van der Waals surface area (Å²) in [5.41, 5.74) is 1.81. The van der Waals surface area contributed by atoms with Gasteiger partial charge in [-0.2, -0.15) is 4.57 Å². The van der Waals surface area contributed by atoms with Crippen LogP contribution in [0.2, 0.25) is 10.0 Å². The van der Waals surface area contributed by atoms with Crippen LogP contribution < -0.4 is 14.2 Å². The van der Waals surface area contributed by atoms with E-state index in [4.69, 9.17) is 27.9 Å². The van der Waals surface area contributed by atoms with Gasteiger partial charge in [-0.05, 0) is 36.8 Å². The fraction of sp³-hybridized carbons (Fsp3) is 0.318. The van der Waals surface area contributed by atoms with Crippen molar-refractivity contribution in [1.82, 2.24) is 0 Å². The lowest BCUT2D eigenvalue weighted by molar-refractivity contribution is -0.668. The molecule has 0 N–H and O–H groups in total. The van der Waals surface area contributed by atoms with Crippen LogP contribution in [0, 0.1) is 0 Å². The van der Waals surface area contributed by atoms with Crippen molar-refractivity contribution in [2.75, 3.05) is 17.2 Å². The summed E-state index contributed by atoms with van der Waals surface area (Å²) in [5, 5.41) is 2.10. The van der Waals surface area contributed by atoms with E-state index < -0.39 is 15.9 Å². The van der Waals surface area contributed by atoms with Gasteiger partial charge in [0.15, 0.2) is 12.3 Å². The highest BCUT2D eigenvalue weighted by Crippen LogP contribution is 2.41. The molecule has 170 valence electrons. The maximum atomic E-state index is 11.1. The standard InChI is InChI=1S/C22H22Cl2N2O4S2/c1-2-3-9-25-17-12-15(23)5-7-19(17)30-21(25)14-22-26(10-4-11-32(27,28)29)18-13-16(24)6-8-20(18)31-22/h5-8,12-14H,2-4,9-11H2,1H3. The monoisotopic (exact) mass is 512 g/mol. The Hall–Kier alpha value is -1.84. The van der Waals surface area contributed by atoms with Crippen LogP contribution in [0.25, 0.3) is 16.3 Å². The van der Waals surface area contributed by atoms with Crippen LogP contribution in [0.15, 0.2) is 42.3 Å². The van der Waals surface area contributed by atoms with Gasteiger partial charge in [0.25, 0.3) is 5.01 Å². The first-order chi connectivity index (χ1) is 15.2. The Balaban J connectivity index is 1.75. The van der Waals surface area contributed by atoms with Crippen molar-refractivity contribution in [3.05, 3.63) is 57.3 Å². The van der Waals surface area contributed by atoms with E-state index in [1.807, 2.05) is 41.0 Å². The Labute approximate surface area is 201 Å². The Bertz CT molecular complexity index is 1290. The summed E-state index contributed by atoms with van der Waals surface area (Å²) in [7, 11) is -4.28. The summed E-state index contributed by atoms with van der Waals surface area (Å²) in [6.45, 7) is 3.28. The number of anilines is 1. The van der Waals surface area contributed by atoms with Gasteiger partial charge in [-0.25, -0.2) is 8.42 Å². The number of benzene rings is 2. The molecule has 0 amide bonds. The third-order valence-corrected chi connectivity index (χ3v) is 7.51. The summed E-state index contributed by atoms with van der Waals surface area (Å²) >= 11 is 14.0. The molecule has 0 saturated heterocycles. The van der Waals surface area contributed by atoms with Crippen LogP contribution in [-0.2, 0) is 16.7 Å². The van der Waals surface area contributed by atoms with Gasteiger partial charge in [-0.3, -0.25) is 0 Å². The molecule has 0 aliphatic carbocycles. The molecule has 1 aliphatic rings. The van der Waals surface area contributed by atoms with E-state index in [1.165, 1.54) is 0 Å². The quantitative estimate of drug-likeness (QED) is 0.297. The number of rotatable bonds is 8. The number of unbranched alkanes of at least 4 members (excludes halogenated alkanes) is 1. The van der Waals surface area contributed by atoms with Gasteiger partial charge in [0.1, 0.15) is 4.70 Å². The molecule has 0 fully saturated rings. The molecule has 0 radical (unpaired) electrons. The number of ether oxygens (including phenoxy) is 1. The number of hydrogen-bond donors (Lipinski definition) is 0. The molecule has 0 spiro atoms. The Morgan fingerprint density at radius 1 is 1.16 bits per heavy atom. The van der Waals surface area contributed by atoms with Crippen LogP contribution in [0.3, 0.4) is 0 Å². The third kappa shape index (κ3) is 5.21. The van der Waals surface area contributed by atoms with Gasteiger partial charge in [-0.15, -0.1) is 0 Å². The number of nitrogens with zero attached hydrogens (tertiary/aromatic N) is 2. The molecule has 6 nitrogen and oxygen atoms in total. The zero-order valence-corrected chi connectivity index (χ0v) is 20.5. The smallest absolute Gasteiger partial charge is 0.268 e. The number of hydrogen-bond acceptors (Lipinski definition) is 6. The van der Waals surface area contributed by atoms with Crippen molar-refractivity contribution in [1.29, 1.82) is 0 Å². The summed E-state index contributed by atoms with van der Waals surface area (Å²) in [6.07, 6.45) is 4.18. The van der Waals surface area contributed by atoms with Crippen molar-refractivity contribution < 1.29 is 22.3 Å². The van der Waals surface area contributed by atoms with E-state index in [2.05, 4.69) is 11.8 Å². The Morgan fingerprint density at radius 2 is 1.91 bits per heavy atom. The van der Waals surface area contributed by atoms with Gasteiger partial charge >= 0.3 is 0 Å². The maximum Gasteiger partial charge on any atom is 0.268 e. The Morgan fingerprint density at radius 3 is 2.66 bits per heavy atom. The molecule has 1 aromatic heterocycles. The summed E-state index contributed by atoms with van der Waals surface area (Å²) in [5.74, 6) is 1.00. The van der Waals surface area contributed by atoms with Crippen LogP contribution in [0.1, 0.15) is 31.2 Å². The molecular weight excluding hydrogens is 491 g/mol. The summed E-state index contributed by atoms with van der Waals surface area (Å²) in [6, 6.07) is 11.2. The van der Waals surface area contributed by atoms with E-state index >= 15 is 0 Å². The first-order valence-electron chi connectivity index (χ1n) is 10.3. The number of aromatic nitrogens is 1. The second-order valence-corrected chi connectivity index (χ2v) is 11.0. The molecule has 0 unspecified atom stereocenters. The fourth-order valence-corrected chi connectivity index (χ4v) is 5.56. The van der Waals surface area contributed by atoms with E-state index in [0.29, 0.717) is 22.5 Å². The average Bonchev–Trinajstić information content (AvgIpc) is 3.23. The van der Waals surface area contributed by atoms with Gasteiger partial charge in [0, 0.05) is 34.8 Å². The van der Waals surface area contributed by atoms with Gasteiger partial charge < -0.3 is 14.2 Å². The Kier molecular flexibility index (Phi) is 6.97. The van der Waals surface area contributed by atoms with E-state index in [-0.39, 0.29) is 6.42 Å². The number of thiazole rings is 1. The molecule has 2 aromatic carbocycles. The molecule has 0 bridgehead atoms. The molecule has 10 heteroatoms. The molecule has 4 rings (SSSR count). The normalized spacial score (nSPS) is 14.9. The number of halogens is 2. The van der Waals surface area contributed by atoms with E-state index in [9.17, 15) is 13.0 Å². The molecule has 1 aliphatic heterocycles. The second kappa shape index (κ2) is 9.57. The lowest BCUT2D eigenvalue weighted by atomic mass is 10.2. The van der Waals surface area contributed by atoms with Gasteiger partial charge in [-0.1, -0.05) is 47.9 Å². The van der Waals surface area contributed by atoms with E-state index in [1.54, 1.807) is 17.4 Å². The topological polar surface area (TPSA) is 73.6 Å². The van der Waals surface area contributed by atoms with Crippen LogP contribution >= 0.6 is 34.5 Å². The lowest BCUT2D eigenvalue weighted by Gasteiger charge is -2.17. The molecular formula is C22H22Cl2N2O4S2. The number of aryl methyl sites for hydroxylation is 1. The minimum absolute atomic E-state index is 0.210. The third-order valence-electron chi connectivity index (χ3n) is 5.14. The minimum Gasteiger partial charge on any atom is -0.748 e. The molecule has 0 saturated carbocycles. The van der Waals surface area contributed by atoms with Crippen molar-refractivity contribution in [3.8, 4) is 5.75 Å². The highest BCUT2D eigenvalue weighted by atomic mass is 35.5. The van der Waals surface area contributed by atoms with Gasteiger partial charge in [0.05, 0.1) is 21.9 Å². The van der Waals surface area contributed by atoms with Gasteiger partial charge in [0.2, 0.25) is 11.4 Å². The molecule has 2 heterocycles. The first kappa shape index (κ1) is 23.3. The predicted octanol–water partition coefficient (Wildman–Crippen LogP) is 5.43. The van der Waals surface area contributed by atoms with Crippen LogP contribution in [0.4, 0.5) is 5.69 Å². The van der Waals surface area contributed by atoms with E-state index in [0.717, 1.165) is 46.0 Å². The lowest BCUT2D eigenvalue weighted by Crippen LogP contribution is -2.36. The SMILES string of the molecule is CCCCN1C(=Cc2sc3ccc(Cl)cc3[n+]2CCCS(=O)(=O)[O-])Oc2ccc(Cl)cc21. The zero-order valence-electron chi connectivity index (χ0n) is 17.4. The minimum atomic E-state index is -4.28. The van der Waals surface area contributed by atoms with Crippen molar-refractivity contribution in [3.63, 3.8) is 0 Å². The molecule has 0 atom stereocenters. The first-order valence-corrected chi connectivity index (χ1v) is 13.4. The van der Waals surface area contributed by atoms with Crippen LogP contribution in [0.5, 0.6) is 5.75 Å².